The van der Waals surface area contributed by atoms with Gasteiger partial charge >= 0.3 is 0 Å². The molecule has 1 aromatic carbocycles. The van der Waals surface area contributed by atoms with E-state index in [0.29, 0.717) is 42.4 Å². The minimum atomic E-state index is -1.11. The molecular weight excluding hydrogens is 507 g/mol. The van der Waals surface area contributed by atoms with Crippen LogP contribution in [0.25, 0.3) is 11.3 Å². The lowest BCUT2D eigenvalue weighted by Crippen LogP contribution is -2.42. The highest BCUT2D eigenvalue weighted by Crippen LogP contribution is 2.44. The van der Waals surface area contributed by atoms with E-state index in [0.717, 1.165) is 63.5 Å². The normalized spacial score (nSPS) is 22.4. The first kappa shape index (κ1) is 26.3. The Kier molecular flexibility index (Phi) is 6.92. The Hall–Kier alpha value is -3.97. The Morgan fingerprint density at radius 1 is 1.00 bits per heavy atom. The fourth-order valence-electron chi connectivity index (χ4n) is 6.19. The summed E-state index contributed by atoms with van der Waals surface area (Å²) in [5.74, 6) is 8.18. The molecule has 0 aliphatic carbocycles. The Labute approximate surface area is 234 Å². The van der Waals surface area contributed by atoms with Crippen molar-refractivity contribution in [2.24, 2.45) is 5.41 Å². The van der Waals surface area contributed by atoms with Crippen molar-refractivity contribution in [2.45, 2.75) is 38.3 Å². The summed E-state index contributed by atoms with van der Waals surface area (Å²) in [6.45, 7) is 6.98. The maximum absolute atomic E-state index is 14.1. The number of halogens is 1. The van der Waals surface area contributed by atoms with Crippen molar-refractivity contribution in [3.8, 4) is 28.8 Å². The van der Waals surface area contributed by atoms with Crippen molar-refractivity contribution in [3.63, 3.8) is 0 Å². The molecule has 3 aliphatic heterocycles. The maximum atomic E-state index is 14.1. The third-order valence-corrected chi connectivity index (χ3v) is 8.55. The molecule has 2 aromatic heterocycles. The average Bonchev–Trinajstić information content (AvgIpc) is 3.52. The van der Waals surface area contributed by atoms with E-state index in [9.17, 15) is 9.50 Å². The summed E-state index contributed by atoms with van der Waals surface area (Å²) in [6.07, 6.45) is 5.51. The molecule has 208 valence electrons. The van der Waals surface area contributed by atoms with Crippen LogP contribution in [0.2, 0.25) is 0 Å². The molecule has 0 saturated carbocycles. The van der Waals surface area contributed by atoms with E-state index in [1.165, 1.54) is 0 Å². The predicted molar refractivity (Wildman–Crippen MR) is 154 cm³/mol. The quantitative estimate of drug-likeness (QED) is 0.479. The number of phenols is 1. The molecule has 1 atom stereocenters. The van der Waals surface area contributed by atoms with Gasteiger partial charge in [0.1, 0.15) is 17.2 Å². The van der Waals surface area contributed by atoms with Gasteiger partial charge in [0, 0.05) is 51.0 Å². The Bertz CT molecular complexity index is 1440. The van der Waals surface area contributed by atoms with Crippen LogP contribution < -0.4 is 15.5 Å². The Morgan fingerprint density at radius 2 is 1.77 bits per heavy atom. The lowest BCUT2D eigenvalue weighted by Gasteiger charge is -2.40. The van der Waals surface area contributed by atoms with Gasteiger partial charge in [-0.25, -0.2) is 14.4 Å². The first-order valence-electron chi connectivity index (χ1n) is 13.9. The summed E-state index contributed by atoms with van der Waals surface area (Å²) in [4.78, 5) is 15.7. The lowest BCUT2D eigenvalue weighted by atomic mass is 9.78. The number of aromatic nitrogens is 4. The molecule has 1 spiro atoms. The third-order valence-electron chi connectivity index (χ3n) is 8.55. The fraction of sp³-hybridized carbons (Fsp3) is 0.467. The van der Waals surface area contributed by atoms with Crippen LogP contribution in [0, 0.1) is 17.3 Å². The highest BCUT2D eigenvalue weighted by atomic mass is 19.1. The Morgan fingerprint density at radius 3 is 2.52 bits per heavy atom. The number of likely N-dealkylation sites (tertiary alicyclic amines) is 1. The second-order valence-corrected chi connectivity index (χ2v) is 11.6. The first-order chi connectivity index (χ1) is 19.3. The molecule has 3 aliphatic rings. The van der Waals surface area contributed by atoms with Gasteiger partial charge in [0.05, 0.1) is 17.9 Å². The maximum Gasteiger partial charge on any atom is 0.206 e. The van der Waals surface area contributed by atoms with Gasteiger partial charge in [-0.2, -0.15) is 0 Å². The van der Waals surface area contributed by atoms with Crippen LogP contribution in [0.3, 0.4) is 0 Å². The standard InChI is InChI=1S/C30H35FN8O/c1-29(31)9-15-37(20-29)14-4-7-26-33-13-8-27(34-26)38-16-10-30(11-17-38)12-18-39(21-30)24-19-23(35-36-28(24)32)22-5-2-3-6-25(22)40/h2-3,5-6,8,13,19,40H,9-12,14-18,20-21H2,1H3,(H2,32,36). The molecule has 0 amide bonds. The van der Waals surface area contributed by atoms with Gasteiger partial charge in [-0.1, -0.05) is 18.1 Å². The highest BCUT2D eigenvalue weighted by molar-refractivity contribution is 5.74. The number of nitrogen functional groups attached to an aromatic ring is 1. The van der Waals surface area contributed by atoms with Crippen molar-refractivity contribution >= 4 is 17.3 Å². The molecule has 6 rings (SSSR count). The van der Waals surface area contributed by atoms with Crippen LogP contribution in [0.4, 0.5) is 21.7 Å². The molecule has 5 heterocycles. The topological polar surface area (TPSA) is 108 Å². The molecule has 3 aromatic rings. The second-order valence-electron chi connectivity index (χ2n) is 11.6. The zero-order valence-electron chi connectivity index (χ0n) is 22.9. The fourth-order valence-corrected chi connectivity index (χ4v) is 6.19. The summed E-state index contributed by atoms with van der Waals surface area (Å²) in [5, 5.41) is 18.7. The number of anilines is 3. The van der Waals surface area contributed by atoms with Gasteiger partial charge < -0.3 is 20.6 Å². The molecule has 40 heavy (non-hydrogen) atoms. The van der Waals surface area contributed by atoms with Gasteiger partial charge in [0.2, 0.25) is 5.82 Å². The van der Waals surface area contributed by atoms with Gasteiger partial charge in [-0.05, 0) is 68.2 Å². The average molecular weight is 543 g/mol. The highest BCUT2D eigenvalue weighted by Gasteiger charge is 2.41. The van der Waals surface area contributed by atoms with Gasteiger partial charge in [-0.3, -0.25) is 4.90 Å². The van der Waals surface area contributed by atoms with Gasteiger partial charge in [0.15, 0.2) is 5.82 Å². The van der Waals surface area contributed by atoms with E-state index in [-0.39, 0.29) is 11.2 Å². The van der Waals surface area contributed by atoms with Crippen LogP contribution in [0.1, 0.15) is 38.4 Å². The van der Waals surface area contributed by atoms with Crippen molar-refractivity contribution in [3.05, 3.63) is 48.4 Å². The number of rotatable bonds is 4. The van der Waals surface area contributed by atoms with Crippen LogP contribution in [0.15, 0.2) is 42.6 Å². The number of nitrogens with two attached hydrogens (primary N) is 1. The van der Waals surface area contributed by atoms with E-state index >= 15 is 0 Å². The zero-order chi connectivity index (χ0) is 27.7. The number of nitrogens with zero attached hydrogens (tertiary/aromatic N) is 7. The zero-order valence-corrected chi connectivity index (χ0v) is 22.9. The number of phenolic OH excluding ortho intramolecular Hbond substituents is 1. The molecular formula is C30H35FN8O. The van der Waals surface area contributed by atoms with Gasteiger partial charge in [-0.15, -0.1) is 10.2 Å². The van der Waals surface area contributed by atoms with Crippen molar-refractivity contribution in [1.82, 2.24) is 25.1 Å². The minimum Gasteiger partial charge on any atom is -0.507 e. The number of hydrogen-bond donors (Lipinski definition) is 2. The Balaban J connectivity index is 1.08. The minimum absolute atomic E-state index is 0.174. The van der Waals surface area contributed by atoms with Crippen LogP contribution in [0.5, 0.6) is 5.75 Å². The number of aromatic hydroxyl groups is 1. The predicted octanol–water partition coefficient (Wildman–Crippen LogP) is 3.50. The molecule has 3 fully saturated rings. The first-order valence-corrected chi connectivity index (χ1v) is 13.9. The number of para-hydroxylation sites is 1. The molecule has 0 bridgehead atoms. The number of benzene rings is 1. The SMILES string of the molecule is CC1(F)CCN(CC#Cc2nccc(N3CCC4(CC3)CCN(c3cc(-c5ccccc5O)nnc3N)C4)n2)C1. The molecule has 9 nitrogen and oxygen atoms in total. The molecule has 0 radical (unpaired) electrons. The van der Waals surface area contributed by atoms with E-state index in [2.05, 4.69) is 36.8 Å². The molecule has 3 N–H and O–H groups in total. The van der Waals surface area contributed by atoms with Crippen LogP contribution in [-0.4, -0.2) is 81.7 Å². The molecule has 3 saturated heterocycles. The van der Waals surface area contributed by atoms with E-state index < -0.39 is 5.67 Å². The van der Waals surface area contributed by atoms with E-state index in [1.807, 2.05) is 29.2 Å². The summed E-state index contributed by atoms with van der Waals surface area (Å²) in [7, 11) is 0. The third kappa shape index (κ3) is 5.52. The summed E-state index contributed by atoms with van der Waals surface area (Å²) in [6, 6.07) is 11.0. The second kappa shape index (κ2) is 10.5. The summed E-state index contributed by atoms with van der Waals surface area (Å²) >= 11 is 0. The monoisotopic (exact) mass is 542 g/mol. The van der Waals surface area contributed by atoms with Gasteiger partial charge in [0.25, 0.3) is 0 Å². The summed E-state index contributed by atoms with van der Waals surface area (Å²) in [5.41, 5.74) is 7.49. The van der Waals surface area contributed by atoms with Crippen LogP contribution >= 0.6 is 0 Å². The molecule has 1 unspecified atom stereocenters. The lowest BCUT2D eigenvalue weighted by molar-refractivity contribution is 0.194. The van der Waals surface area contributed by atoms with Crippen molar-refractivity contribution < 1.29 is 9.50 Å². The largest absolute Gasteiger partial charge is 0.507 e. The summed E-state index contributed by atoms with van der Waals surface area (Å²) < 4.78 is 14.1. The molecule has 10 heteroatoms. The number of hydrogen-bond acceptors (Lipinski definition) is 9. The van der Waals surface area contributed by atoms with Crippen molar-refractivity contribution in [2.75, 3.05) is 61.3 Å². The van der Waals surface area contributed by atoms with E-state index in [1.54, 1.807) is 25.3 Å². The number of alkyl halides is 1. The van der Waals surface area contributed by atoms with Crippen LogP contribution in [-0.2, 0) is 0 Å². The number of piperidine rings is 1. The van der Waals surface area contributed by atoms with Crippen molar-refractivity contribution in [1.29, 1.82) is 0 Å². The van der Waals surface area contributed by atoms with E-state index in [4.69, 9.17) is 10.7 Å². The smallest absolute Gasteiger partial charge is 0.206 e.